The van der Waals surface area contributed by atoms with Crippen LogP contribution in [-0.4, -0.2) is 39.2 Å². The Labute approximate surface area is 124 Å². The average Bonchev–Trinajstić information content (AvgIpc) is 2.72. The van der Waals surface area contributed by atoms with Crippen molar-refractivity contribution in [3.63, 3.8) is 0 Å². The lowest BCUT2D eigenvalue weighted by Crippen LogP contribution is -2.46. The van der Waals surface area contributed by atoms with E-state index in [2.05, 4.69) is 10.4 Å². The van der Waals surface area contributed by atoms with Gasteiger partial charge in [0.1, 0.15) is 0 Å². The summed E-state index contributed by atoms with van der Waals surface area (Å²) in [6.07, 6.45) is 3.78. The summed E-state index contributed by atoms with van der Waals surface area (Å²) in [4.78, 5) is 24.5. The van der Waals surface area contributed by atoms with E-state index in [0.29, 0.717) is 17.0 Å². The van der Waals surface area contributed by atoms with Gasteiger partial charge < -0.3 is 10.4 Å². The highest BCUT2D eigenvalue weighted by atomic mass is 16.3. The molecule has 1 aliphatic carbocycles. The van der Waals surface area contributed by atoms with E-state index in [0.717, 1.165) is 25.7 Å². The first kappa shape index (κ1) is 15.7. The van der Waals surface area contributed by atoms with Gasteiger partial charge in [0, 0.05) is 31.3 Å². The van der Waals surface area contributed by atoms with E-state index < -0.39 is 11.7 Å². The number of Topliss-reactive ketones (excluding diaryl/α,β-unsaturated/α-hetero) is 1. The number of aliphatic hydroxyl groups excluding tert-OH is 1. The van der Waals surface area contributed by atoms with Gasteiger partial charge >= 0.3 is 0 Å². The van der Waals surface area contributed by atoms with Crippen LogP contribution in [0.25, 0.3) is 0 Å². The number of hydrogen-bond acceptors (Lipinski definition) is 4. The van der Waals surface area contributed by atoms with Crippen molar-refractivity contribution in [1.29, 1.82) is 0 Å². The Morgan fingerprint density at radius 2 is 2.00 bits per heavy atom. The fraction of sp³-hybridized carbons (Fsp3) is 0.667. The first-order valence-electron chi connectivity index (χ1n) is 7.42. The minimum atomic E-state index is -0.598. The number of aromatic nitrogens is 2. The van der Waals surface area contributed by atoms with Crippen LogP contribution in [0.4, 0.5) is 0 Å². The molecule has 2 unspecified atom stereocenters. The minimum absolute atomic E-state index is 0.0457. The number of nitrogens with zero attached hydrogens (tertiary/aromatic N) is 2. The zero-order valence-electron chi connectivity index (χ0n) is 12.8. The van der Waals surface area contributed by atoms with Crippen LogP contribution in [-0.2, 0) is 11.8 Å². The summed E-state index contributed by atoms with van der Waals surface area (Å²) in [6.45, 7) is 3.55. The number of nitrogens with one attached hydrogen (secondary N) is 1. The van der Waals surface area contributed by atoms with Crippen molar-refractivity contribution in [3.8, 4) is 0 Å². The van der Waals surface area contributed by atoms with Gasteiger partial charge in [-0.2, -0.15) is 5.10 Å². The second-order valence-electron chi connectivity index (χ2n) is 5.81. The van der Waals surface area contributed by atoms with Crippen molar-refractivity contribution in [2.45, 2.75) is 45.6 Å². The molecule has 1 aromatic rings. The molecule has 21 heavy (non-hydrogen) atoms. The fourth-order valence-electron chi connectivity index (χ4n) is 3.07. The molecule has 1 saturated carbocycles. The molecule has 6 nitrogen and oxygen atoms in total. The summed E-state index contributed by atoms with van der Waals surface area (Å²) >= 11 is 0. The normalized spacial score (nSPS) is 22.1. The van der Waals surface area contributed by atoms with Crippen LogP contribution in [0.15, 0.2) is 0 Å². The molecule has 0 aromatic carbocycles. The van der Waals surface area contributed by atoms with E-state index in [1.807, 2.05) is 0 Å². The Morgan fingerprint density at radius 3 is 2.57 bits per heavy atom. The van der Waals surface area contributed by atoms with Crippen molar-refractivity contribution < 1.29 is 14.7 Å². The third-order valence-electron chi connectivity index (χ3n) is 4.40. The molecule has 2 rings (SSSR count). The smallest absolute Gasteiger partial charge is 0.292 e. The summed E-state index contributed by atoms with van der Waals surface area (Å²) in [5, 5.41) is 16.3. The largest absolute Gasteiger partial charge is 0.396 e. The quantitative estimate of drug-likeness (QED) is 0.638. The Balaban J connectivity index is 2.10. The van der Waals surface area contributed by atoms with Crippen molar-refractivity contribution in [3.05, 3.63) is 17.0 Å². The molecule has 0 radical (unpaired) electrons. The number of carbonyl (C=O) groups excluding carboxylic acids is 2. The molecule has 2 atom stereocenters. The molecule has 0 spiro atoms. The molecule has 1 aromatic heterocycles. The molecule has 1 heterocycles. The van der Waals surface area contributed by atoms with Gasteiger partial charge in [0.05, 0.1) is 11.3 Å². The number of aryl methyl sites for hydroxylation is 2. The Morgan fingerprint density at radius 1 is 1.33 bits per heavy atom. The van der Waals surface area contributed by atoms with Crippen LogP contribution in [0.5, 0.6) is 0 Å². The first-order valence-corrected chi connectivity index (χ1v) is 7.42. The fourth-order valence-corrected chi connectivity index (χ4v) is 3.07. The van der Waals surface area contributed by atoms with Crippen LogP contribution in [0.3, 0.4) is 0 Å². The lowest BCUT2D eigenvalue weighted by molar-refractivity contribution is -0.118. The maximum Gasteiger partial charge on any atom is 0.292 e. The predicted octanol–water partition coefficient (Wildman–Crippen LogP) is 0.887. The van der Waals surface area contributed by atoms with Crippen molar-refractivity contribution >= 4 is 11.7 Å². The van der Waals surface area contributed by atoms with E-state index in [-0.39, 0.29) is 18.6 Å². The zero-order chi connectivity index (χ0) is 15.6. The highest BCUT2D eigenvalue weighted by Gasteiger charge is 2.30. The van der Waals surface area contributed by atoms with Gasteiger partial charge in [0.15, 0.2) is 0 Å². The maximum absolute atomic E-state index is 12.3. The zero-order valence-corrected chi connectivity index (χ0v) is 12.8. The molecule has 0 aliphatic heterocycles. The number of ketones is 1. The van der Waals surface area contributed by atoms with E-state index >= 15 is 0 Å². The predicted molar refractivity (Wildman–Crippen MR) is 78.0 cm³/mol. The van der Waals surface area contributed by atoms with Gasteiger partial charge in [-0.25, -0.2) is 0 Å². The molecule has 0 saturated heterocycles. The van der Waals surface area contributed by atoms with Gasteiger partial charge in [0.25, 0.3) is 11.7 Å². The molecule has 116 valence electrons. The number of amides is 1. The summed E-state index contributed by atoms with van der Waals surface area (Å²) in [7, 11) is 1.75. The second-order valence-corrected chi connectivity index (χ2v) is 5.81. The Kier molecular flexibility index (Phi) is 4.77. The van der Waals surface area contributed by atoms with Gasteiger partial charge in [-0.1, -0.05) is 12.8 Å². The van der Waals surface area contributed by atoms with Crippen LogP contribution < -0.4 is 5.32 Å². The number of hydrogen-bond donors (Lipinski definition) is 2. The molecular formula is C15H23N3O3. The highest BCUT2D eigenvalue weighted by Crippen LogP contribution is 2.24. The lowest BCUT2D eigenvalue weighted by atomic mass is 9.85. The van der Waals surface area contributed by atoms with Gasteiger partial charge in [0.2, 0.25) is 0 Å². The minimum Gasteiger partial charge on any atom is -0.396 e. The van der Waals surface area contributed by atoms with E-state index in [1.54, 1.807) is 25.6 Å². The topological polar surface area (TPSA) is 84.2 Å². The van der Waals surface area contributed by atoms with Gasteiger partial charge in [-0.15, -0.1) is 0 Å². The van der Waals surface area contributed by atoms with E-state index in [4.69, 9.17) is 0 Å². The van der Waals surface area contributed by atoms with Crippen LogP contribution in [0, 0.1) is 19.8 Å². The number of aliphatic hydroxyl groups is 1. The third-order valence-corrected chi connectivity index (χ3v) is 4.40. The molecule has 1 amide bonds. The van der Waals surface area contributed by atoms with Crippen molar-refractivity contribution in [1.82, 2.24) is 15.1 Å². The van der Waals surface area contributed by atoms with Crippen molar-refractivity contribution in [2.24, 2.45) is 13.0 Å². The standard InChI is InChI=1S/C15H23N3O3/c1-9-13(10(2)18(3)17-9)14(20)15(21)16-12-7-5-4-6-11(12)8-19/h11-12,19H,4-8H2,1-3H3,(H,16,21). The SMILES string of the molecule is Cc1nn(C)c(C)c1C(=O)C(=O)NC1CCCCC1CO. The summed E-state index contributed by atoms with van der Waals surface area (Å²) in [6, 6.07) is -0.113. The number of carbonyl (C=O) groups is 2. The first-order chi connectivity index (χ1) is 9.95. The molecule has 0 bridgehead atoms. The van der Waals surface area contributed by atoms with Crippen LogP contribution >= 0.6 is 0 Å². The average molecular weight is 293 g/mol. The Hall–Kier alpha value is -1.69. The molecule has 2 N–H and O–H groups in total. The van der Waals surface area contributed by atoms with Gasteiger partial charge in [-0.05, 0) is 26.7 Å². The third kappa shape index (κ3) is 3.15. The van der Waals surface area contributed by atoms with Crippen molar-refractivity contribution in [2.75, 3.05) is 6.61 Å². The summed E-state index contributed by atoms with van der Waals surface area (Å²) < 4.78 is 1.60. The Bertz CT molecular complexity index is 551. The number of rotatable bonds is 4. The van der Waals surface area contributed by atoms with Crippen LogP contribution in [0.1, 0.15) is 47.4 Å². The summed E-state index contributed by atoms with van der Waals surface area (Å²) in [5.74, 6) is -1.09. The van der Waals surface area contributed by atoms with Gasteiger partial charge in [-0.3, -0.25) is 14.3 Å². The molecular weight excluding hydrogens is 270 g/mol. The molecule has 1 fully saturated rings. The molecule has 6 heteroatoms. The maximum atomic E-state index is 12.3. The summed E-state index contributed by atoms with van der Waals surface area (Å²) in [5.41, 5.74) is 1.64. The molecule has 1 aliphatic rings. The second kappa shape index (κ2) is 6.39. The van der Waals surface area contributed by atoms with E-state index in [9.17, 15) is 14.7 Å². The highest BCUT2D eigenvalue weighted by molar-refractivity contribution is 6.43. The van der Waals surface area contributed by atoms with Crippen LogP contribution in [0.2, 0.25) is 0 Å². The lowest BCUT2D eigenvalue weighted by Gasteiger charge is -2.30. The van der Waals surface area contributed by atoms with E-state index in [1.165, 1.54) is 0 Å². The monoisotopic (exact) mass is 293 g/mol.